The SMILES string of the molecule is CCCCNC(=O)N1CCC2(CC1)CC(CC(=O)N1CCCC1)c1ccccc1O2. The number of amides is 3. The molecule has 1 spiro atoms. The Balaban J connectivity index is 1.42. The molecule has 0 radical (unpaired) electrons. The summed E-state index contributed by atoms with van der Waals surface area (Å²) < 4.78 is 6.54. The van der Waals surface area contributed by atoms with Crippen molar-refractivity contribution in [2.45, 2.75) is 69.8 Å². The molecule has 1 aromatic carbocycles. The Labute approximate surface area is 179 Å². The number of hydrogen-bond donors (Lipinski definition) is 1. The first-order valence-corrected chi connectivity index (χ1v) is 11.7. The first kappa shape index (κ1) is 21.0. The zero-order valence-corrected chi connectivity index (χ0v) is 18.2. The van der Waals surface area contributed by atoms with Crippen molar-refractivity contribution in [3.05, 3.63) is 29.8 Å². The first-order valence-electron chi connectivity index (χ1n) is 11.7. The number of piperidine rings is 1. The minimum absolute atomic E-state index is 0.0373. The van der Waals surface area contributed by atoms with Crippen molar-refractivity contribution >= 4 is 11.9 Å². The number of benzene rings is 1. The van der Waals surface area contributed by atoms with E-state index in [1.165, 1.54) is 0 Å². The second-order valence-corrected chi connectivity index (χ2v) is 9.09. The van der Waals surface area contributed by atoms with Crippen molar-refractivity contribution in [1.82, 2.24) is 15.1 Å². The molecule has 0 bridgehead atoms. The van der Waals surface area contributed by atoms with Gasteiger partial charge in [-0.2, -0.15) is 0 Å². The van der Waals surface area contributed by atoms with Crippen LogP contribution in [-0.2, 0) is 4.79 Å². The third-order valence-corrected chi connectivity index (χ3v) is 6.95. The van der Waals surface area contributed by atoms with Crippen molar-refractivity contribution in [2.24, 2.45) is 0 Å². The van der Waals surface area contributed by atoms with Crippen LogP contribution in [0.1, 0.15) is 69.8 Å². The van der Waals surface area contributed by atoms with Gasteiger partial charge in [-0.05, 0) is 37.3 Å². The van der Waals surface area contributed by atoms with Crippen LogP contribution >= 0.6 is 0 Å². The molecule has 2 saturated heterocycles. The van der Waals surface area contributed by atoms with Gasteiger partial charge in [-0.1, -0.05) is 31.5 Å². The minimum atomic E-state index is -0.273. The normalized spacial score (nSPS) is 22.5. The summed E-state index contributed by atoms with van der Waals surface area (Å²) in [5.74, 6) is 1.38. The van der Waals surface area contributed by atoms with Gasteiger partial charge in [0, 0.05) is 57.9 Å². The highest BCUT2D eigenvalue weighted by molar-refractivity contribution is 5.77. The van der Waals surface area contributed by atoms with Gasteiger partial charge in [0.2, 0.25) is 5.91 Å². The fourth-order valence-electron chi connectivity index (χ4n) is 5.14. The second kappa shape index (κ2) is 9.27. The Morgan fingerprint density at radius 1 is 1.10 bits per heavy atom. The molecule has 6 nitrogen and oxygen atoms in total. The zero-order chi connectivity index (χ0) is 21.0. The van der Waals surface area contributed by atoms with Gasteiger partial charge in [0.25, 0.3) is 0 Å². The molecule has 3 amide bonds. The van der Waals surface area contributed by atoms with E-state index in [1.807, 2.05) is 28.0 Å². The minimum Gasteiger partial charge on any atom is -0.487 e. The molecule has 1 atom stereocenters. The predicted octanol–water partition coefficient (Wildman–Crippen LogP) is 3.91. The number of rotatable bonds is 5. The first-order chi connectivity index (χ1) is 14.6. The molecule has 1 aromatic rings. The van der Waals surface area contributed by atoms with Crippen molar-refractivity contribution in [2.75, 3.05) is 32.7 Å². The van der Waals surface area contributed by atoms with E-state index >= 15 is 0 Å². The molecular formula is C24H35N3O3. The van der Waals surface area contributed by atoms with Crippen LogP contribution in [0.4, 0.5) is 4.79 Å². The number of fused-ring (bicyclic) bond motifs is 1. The molecule has 3 heterocycles. The molecule has 6 heteroatoms. The molecule has 2 fully saturated rings. The van der Waals surface area contributed by atoms with Crippen LogP contribution in [-0.4, -0.2) is 60.1 Å². The van der Waals surface area contributed by atoms with Gasteiger partial charge in [0.05, 0.1) is 0 Å². The average molecular weight is 414 g/mol. The molecule has 0 aliphatic carbocycles. The summed E-state index contributed by atoms with van der Waals surface area (Å²) in [6.07, 6.45) is 7.38. The van der Waals surface area contributed by atoms with E-state index in [9.17, 15) is 9.59 Å². The number of nitrogens with zero attached hydrogens (tertiary/aromatic N) is 2. The summed E-state index contributed by atoms with van der Waals surface area (Å²) in [5.41, 5.74) is 0.889. The number of hydrogen-bond acceptors (Lipinski definition) is 3. The molecule has 0 aromatic heterocycles. The number of nitrogens with one attached hydrogen (secondary N) is 1. The number of para-hydroxylation sites is 1. The molecule has 30 heavy (non-hydrogen) atoms. The number of ether oxygens (including phenoxy) is 1. The van der Waals surface area contributed by atoms with Gasteiger partial charge >= 0.3 is 6.03 Å². The second-order valence-electron chi connectivity index (χ2n) is 9.09. The topological polar surface area (TPSA) is 61.9 Å². The fraction of sp³-hybridized carbons (Fsp3) is 0.667. The Hall–Kier alpha value is -2.24. The number of carbonyl (C=O) groups excluding carboxylic acids is 2. The third-order valence-electron chi connectivity index (χ3n) is 6.95. The monoisotopic (exact) mass is 413 g/mol. The summed E-state index contributed by atoms with van der Waals surface area (Å²) in [5, 5.41) is 3.02. The number of unbranched alkanes of at least 4 members (excludes halogenated alkanes) is 1. The van der Waals surface area contributed by atoms with Crippen molar-refractivity contribution in [1.29, 1.82) is 0 Å². The van der Waals surface area contributed by atoms with E-state index in [2.05, 4.69) is 18.3 Å². The summed E-state index contributed by atoms with van der Waals surface area (Å²) in [6.45, 7) is 6.06. The molecule has 0 saturated carbocycles. The van der Waals surface area contributed by atoms with E-state index < -0.39 is 0 Å². The van der Waals surface area contributed by atoms with Crippen LogP contribution in [0.3, 0.4) is 0 Å². The molecule has 164 valence electrons. The molecule has 3 aliphatic rings. The van der Waals surface area contributed by atoms with Crippen LogP contribution in [0.5, 0.6) is 5.75 Å². The number of carbonyl (C=O) groups is 2. The van der Waals surface area contributed by atoms with Crippen LogP contribution in [0, 0.1) is 0 Å². The highest BCUT2D eigenvalue weighted by Gasteiger charge is 2.44. The Morgan fingerprint density at radius 3 is 2.57 bits per heavy atom. The van der Waals surface area contributed by atoms with Crippen molar-refractivity contribution in [3.63, 3.8) is 0 Å². The predicted molar refractivity (Wildman–Crippen MR) is 117 cm³/mol. The smallest absolute Gasteiger partial charge is 0.317 e. The quantitative estimate of drug-likeness (QED) is 0.745. The lowest BCUT2D eigenvalue weighted by molar-refractivity contribution is -0.131. The third kappa shape index (κ3) is 4.57. The summed E-state index contributed by atoms with van der Waals surface area (Å²) in [7, 11) is 0. The fourth-order valence-corrected chi connectivity index (χ4v) is 5.14. The summed E-state index contributed by atoms with van der Waals surface area (Å²) in [6, 6.07) is 8.23. The zero-order valence-electron chi connectivity index (χ0n) is 18.2. The van der Waals surface area contributed by atoms with Gasteiger partial charge in [0.15, 0.2) is 0 Å². The van der Waals surface area contributed by atoms with Crippen molar-refractivity contribution in [3.8, 4) is 5.75 Å². The standard InChI is InChI=1S/C24H35N3O3/c1-2-3-12-25-23(29)27-15-10-24(11-16-27)18-19(17-22(28)26-13-6-7-14-26)20-8-4-5-9-21(20)30-24/h4-5,8-9,19H,2-3,6-7,10-18H2,1H3,(H,25,29). The van der Waals surface area contributed by atoms with Crippen LogP contribution in [0.25, 0.3) is 0 Å². The van der Waals surface area contributed by atoms with E-state index in [0.29, 0.717) is 19.5 Å². The van der Waals surface area contributed by atoms with Gasteiger partial charge < -0.3 is 19.9 Å². The largest absolute Gasteiger partial charge is 0.487 e. The molecule has 3 aliphatic heterocycles. The lowest BCUT2D eigenvalue weighted by Gasteiger charge is -2.47. The van der Waals surface area contributed by atoms with Crippen molar-refractivity contribution < 1.29 is 14.3 Å². The number of urea groups is 1. The van der Waals surface area contributed by atoms with Gasteiger partial charge in [-0.3, -0.25) is 4.79 Å². The highest BCUT2D eigenvalue weighted by Crippen LogP contribution is 2.46. The van der Waals surface area contributed by atoms with E-state index in [1.54, 1.807) is 0 Å². The maximum Gasteiger partial charge on any atom is 0.317 e. The average Bonchev–Trinajstić information content (AvgIpc) is 3.29. The summed E-state index contributed by atoms with van der Waals surface area (Å²) in [4.78, 5) is 29.2. The van der Waals surface area contributed by atoms with Crippen LogP contribution < -0.4 is 10.1 Å². The van der Waals surface area contributed by atoms with Gasteiger partial charge in [-0.15, -0.1) is 0 Å². The van der Waals surface area contributed by atoms with Crippen LogP contribution in [0.15, 0.2) is 24.3 Å². The Morgan fingerprint density at radius 2 is 1.83 bits per heavy atom. The summed E-state index contributed by atoms with van der Waals surface area (Å²) >= 11 is 0. The van der Waals surface area contributed by atoms with Crippen LogP contribution in [0.2, 0.25) is 0 Å². The Bertz CT molecular complexity index is 752. The maximum absolute atomic E-state index is 12.9. The van der Waals surface area contributed by atoms with Gasteiger partial charge in [0.1, 0.15) is 11.4 Å². The maximum atomic E-state index is 12.9. The molecule has 4 rings (SSSR count). The van der Waals surface area contributed by atoms with E-state index in [0.717, 1.165) is 75.9 Å². The van der Waals surface area contributed by atoms with E-state index in [-0.39, 0.29) is 23.5 Å². The lowest BCUT2D eigenvalue weighted by atomic mass is 9.76. The molecular weight excluding hydrogens is 378 g/mol. The van der Waals surface area contributed by atoms with Gasteiger partial charge in [-0.25, -0.2) is 4.79 Å². The van der Waals surface area contributed by atoms with E-state index in [4.69, 9.17) is 4.74 Å². The lowest BCUT2D eigenvalue weighted by Crippen LogP contribution is -2.54. The number of likely N-dealkylation sites (tertiary alicyclic amines) is 2. The molecule has 1 N–H and O–H groups in total. The Kier molecular flexibility index (Phi) is 6.49. The highest BCUT2D eigenvalue weighted by atomic mass is 16.5. The molecule has 1 unspecified atom stereocenters.